The van der Waals surface area contributed by atoms with Gasteiger partial charge >= 0.3 is 0 Å². The number of furan rings is 1. The summed E-state index contributed by atoms with van der Waals surface area (Å²) in [6.07, 6.45) is 9.70. The van der Waals surface area contributed by atoms with Gasteiger partial charge < -0.3 is 9.32 Å². The van der Waals surface area contributed by atoms with Crippen molar-refractivity contribution >= 4 is 15.9 Å². The van der Waals surface area contributed by atoms with Gasteiger partial charge in [0.2, 0.25) is 5.09 Å². The largest absolute Gasteiger partial charge is 0.438 e. The summed E-state index contributed by atoms with van der Waals surface area (Å²) in [6, 6.07) is 3.27. The quantitative estimate of drug-likeness (QED) is 0.807. The van der Waals surface area contributed by atoms with Crippen LogP contribution in [0.3, 0.4) is 0 Å². The summed E-state index contributed by atoms with van der Waals surface area (Å²) < 4.78 is 32.5. The average molecular weight is 381 g/mol. The molecule has 6 nitrogen and oxygen atoms in total. The molecule has 1 aromatic heterocycles. The summed E-state index contributed by atoms with van der Waals surface area (Å²) in [5.41, 5.74) is 0. The third-order valence-electron chi connectivity index (χ3n) is 6.21. The molecule has 3 heterocycles. The SMILES string of the molecule is O=C(c1ccc(S(=O)(=O)N2CCCCC2)o1)N1CCC[C@H]2CCCC[C@H]21. The Morgan fingerprint density at radius 2 is 1.65 bits per heavy atom. The van der Waals surface area contributed by atoms with E-state index in [0.29, 0.717) is 19.0 Å². The molecule has 3 fully saturated rings. The number of carbonyl (C=O) groups is 1. The third-order valence-corrected chi connectivity index (χ3v) is 7.98. The first-order valence-corrected chi connectivity index (χ1v) is 11.4. The Morgan fingerprint density at radius 3 is 2.46 bits per heavy atom. The standard InChI is InChI=1S/C19H28N2O4S/c22-19(21-14-6-8-15-7-2-3-9-16(15)21)17-10-11-18(25-17)26(23,24)20-12-4-1-5-13-20/h10-11,15-16H,1-9,12-14H2/t15-,16-/m1/s1. The number of carbonyl (C=O) groups excluding carboxylic acids is 1. The minimum Gasteiger partial charge on any atom is -0.438 e. The molecule has 3 aliphatic rings. The summed E-state index contributed by atoms with van der Waals surface area (Å²) in [5, 5.41) is -0.0973. The number of amides is 1. The Kier molecular flexibility index (Phi) is 5.10. The van der Waals surface area contributed by atoms with Crippen LogP contribution >= 0.6 is 0 Å². The molecule has 0 radical (unpaired) electrons. The van der Waals surface area contributed by atoms with E-state index in [9.17, 15) is 13.2 Å². The number of hydrogen-bond acceptors (Lipinski definition) is 4. The lowest BCUT2D eigenvalue weighted by Gasteiger charge is -2.43. The second kappa shape index (κ2) is 7.35. The topological polar surface area (TPSA) is 70.8 Å². The van der Waals surface area contributed by atoms with Crippen LogP contribution in [0.4, 0.5) is 0 Å². The number of nitrogens with zero attached hydrogens (tertiary/aromatic N) is 2. The smallest absolute Gasteiger partial charge is 0.289 e. The van der Waals surface area contributed by atoms with Gasteiger partial charge in [0.15, 0.2) is 5.76 Å². The van der Waals surface area contributed by atoms with E-state index in [0.717, 1.165) is 45.1 Å². The van der Waals surface area contributed by atoms with Gasteiger partial charge in [0.05, 0.1) is 0 Å². The predicted molar refractivity (Wildman–Crippen MR) is 97.3 cm³/mol. The normalized spacial score (nSPS) is 27.9. The maximum absolute atomic E-state index is 13.0. The Bertz CT molecular complexity index is 749. The predicted octanol–water partition coefficient (Wildman–Crippen LogP) is 3.25. The lowest BCUT2D eigenvalue weighted by molar-refractivity contribution is 0.0357. The molecular weight excluding hydrogens is 352 g/mol. The summed E-state index contributed by atoms with van der Waals surface area (Å²) in [4.78, 5) is 14.9. The van der Waals surface area contributed by atoms with Gasteiger partial charge in [-0.2, -0.15) is 4.31 Å². The van der Waals surface area contributed by atoms with E-state index in [1.807, 2.05) is 4.90 Å². The van der Waals surface area contributed by atoms with Crippen molar-refractivity contribution in [3.63, 3.8) is 0 Å². The average Bonchev–Trinajstić information content (AvgIpc) is 3.19. The van der Waals surface area contributed by atoms with Crippen LogP contribution in [0.1, 0.15) is 68.3 Å². The van der Waals surface area contributed by atoms with Crippen LogP contribution < -0.4 is 0 Å². The Labute approximate surface area is 155 Å². The van der Waals surface area contributed by atoms with Gasteiger partial charge in [-0.1, -0.05) is 19.3 Å². The minimum absolute atomic E-state index is 0.0973. The number of rotatable bonds is 3. The molecule has 2 atom stereocenters. The molecule has 0 spiro atoms. The van der Waals surface area contributed by atoms with Crippen molar-refractivity contribution in [3.8, 4) is 0 Å². The second-order valence-corrected chi connectivity index (χ2v) is 9.70. The van der Waals surface area contributed by atoms with Gasteiger partial charge in [-0.3, -0.25) is 4.79 Å². The molecule has 0 unspecified atom stereocenters. The first-order valence-electron chi connectivity index (χ1n) is 9.98. The number of fused-ring (bicyclic) bond motifs is 1. The van der Waals surface area contributed by atoms with Gasteiger partial charge in [-0.05, 0) is 56.6 Å². The van der Waals surface area contributed by atoms with Crippen molar-refractivity contribution < 1.29 is 17.6 Å². The van der Waals surface area contributed by atoms with E-state index in [-0.39, 0.29) is 22.8 Å². The van der Waals surface area contributed by atoms with Crippen LogP contribution in [0.15, 0.2) is 21.6 Å². The lowest BCUT2D eigenvalue weighted by Crippen LogP contribution is -2.49. The van der Waals surface area contributed by atoms with Crippen molar-refractivity contribution in [1.82, 2.24) is 9.21 Å². The Morgan fingerprint density at radius 1 is 0.923 bits per heavy atom. The van der Waals surface area contributed by atoms with E-state index < -0.39 is 10.0 Å². The van der Waals surface area contributed by atoms with Crippen LogP contribution in [-0.2, 0) is 10.0 Å². The molecule has 7 heteroatoms. The Balaban J connectivity index is 1.52. The van der Waals surface area contributed by atoms with Crippen molar-refractivity contribution in [3.05, 3.63) is 17.9 Å². The lowest BCUT2D eigenvalue weighted by atomic mass is 9.78. The molecule has 1 aromatic rings. The molecule has 1 amide bonds. The van der Waals surface area contributed by atoms with Crippen molar-refractivity contribution in [2.24, 2.45) is 5.92 Å². The number of sulfonamides is 1. The number of piperidine rings is 2. The van der Waals surface area contributed by atoms with E-state index in [1.165, 1.54) is 35.7 Å². The maximum atomic E-state index is 13.0. The van der Waals surface area contributed by atoms with Gasteiger partial charge in [0.1, 0.15) is 0 Å². The number of likely N-dealkylation sites (tertiary alicyclic amines) is 1. The second-order valence-electron chi connectivity index (χ2n) is 7.84. The first kappa shape index (κ1) is 18.0. The van der Waals surface area contributed by atoms with E-state index >= 15 is 0 Å². The molecule has 26 heavy (non-hydrogen) atoms. The molecule has 0 aromatic carbocycles. The fourth-order valence-electron chi connectivity index (χ4n) is 4.82. The van der Waals surface area contributed by atoms with Crippen LogP contribution in [-0.4, -0.2) is 49.2 Å². The molecule has 2 saturated heterocycles. The molecule has 0 bridgehead atoms. The van der Waals surface area contributed by atoms with Gasteiger partial charge in [-0.25, -0.2) is 8.42 Å². The zero-order chi connectivity index (χ0) is 18.1. The van der Waals surface area contributed by atoms with Gasteiger partial charge in [0.25, 0.3) is 15.9 Å². The van der Waals surface area contributed by atoms with Gasteiger partial charge in [-0.15, -0.1) is 0 Å². The fraction of sp³-hybridized carbons (Fsp3) is 0.737. The highest BCUT2D eigenvalue weighted by Gasteiger charge is 2.37. The minimum atomic E-state index is -3.63. The van der Waals surface area contributed by atoms with E-state index in [2.05, 4.69) is 0 Å². The zero-order valence-electron chi connectivity index (χ0n) is 15.2. The highest BCUT2D eigenvalue weighted by Crippen LogP contribution is 2.36. The molecular formula is C19H28N2O4S. The number of hydrogen-bond donors (Lipinski definition) is 0. The highest BCUT2D eigenvalue weighted by molar-refractivity contribution is 7.89. The summed E-state index contributed by atoms with van der Waals surface area (Å²) in [5.74, 6) is 0.599. The molecule has 1 aliphatic carbocycles. The summed E-state index contributed by atoms with van der Waals surface area (Å²) >= 11 is 0. The fourth-order valence-corrected chi connectivity index (χ4v) is 6.25. The van der Waals surface area contributed by atoms with Crippen molar-refractivity contribution in [2.75, 3.05) is 19.6 Å². The maximum Gasteiger partial charge on any atom is 0.289 e. The molecule has 4 rings (SSSR count). The zero-order valence-corrected chi connectivity index (χ0v) is 16.0. The molecule has 0 N–H and O–H groups in total. The van der Waals surface area contributed by atoms with E-state index in [1.54, 1.807) is 0 Å². The summed E-state index contributed by atoms with van der Waals surface area (Å²) in [7, 11) is -3.63. The molecule has 2 aliphatic heterocycles. The van der Waals surface area contributed by atoms with E-state index in [4.69, 9.17) is 4.42 Å². The van der Waals surface area contributed by atoms with Crippen molar-refractivity contribution in [2.45, 2.75) is 68.9 Å². The first-order chi connectivity index (χ1) is 12.6. The van der Waals surface area contributed by atoms with Crippen LogP contribution in [0, 0.1) is 5.92 Å². The third kappa shape index (κ3) is 3.31. The molecule has 144 valence electrons. The van der Waals surface area contributed by atoms with Crippen LogP contribution in [0.2, 0.25) is 0 Å². The summed E-state index contributed by atoms with van der Waals surface area (Å²) in [6.45, 7) is 1.80. The van der Waals surface area contributed by atoms with Crippen LogP contribution in [0.25, 0.3) is 0 Å². The van der Waals surface area contributed by atoms with Crippen molar-refractivity contribution in [1.29, 1.82) is 0 Å². The monoisotopic (exact) mass is 380 g/mol. The highest BCUT2D eigenvalue weighted by atomic mass is 32.2. The van der Waals surface area contributed by atoms with Crippen LogP contribution in [0.5, 0.6) is 0 Å². The Hall–Kier alpha value is -1.34. The molecule has 1 saturated carbocycles. The van der Waals surface area contributed by atoms with Gasteiger partial charge in [0, 0.05) is 25.7 Å².